The van der Waals surface area contributed by atoms with Gasteiger partial charge in [0, 0.05) is 13.0 Å². The van der Waals surface area contributed by atoms with E-state index < -0.39 is 6.09 Å². The molecular weight excluding hydrogens is 196 g/mol. The van der Waals surface area contributed by atoms with Gasteiger partial charge in [0.2, 0.25) is 5.91 Å². The molecule has 0 saturated carbocycles. The van der Waals surface area contributed by atoms with Gasteiger partial charge in [-0.05, 0) is 6.42 Å². The van der Waals surface area contributed by atoms with E-state index in [0.29, 0.717) is 19.6 Å². The van der Waals surface area contributed by atoms with Crippen LogP contribution in [-0.4, -0.2) is 62.2 Å². The number of hydrogen-bond donors (Lipinski definition) is 0. The maximum atomic E-state index is 11.4. The van der Waals surface area contributed by atoms with Gasteiger partial charge in [-0.15, -0.1) is 0 Å². The van der Waals surface area contributed by atoms with Gasteiger partial charge in [0.05, 0.1) is 21.1 Å². The Morgan fingerprint density at radius 3 is 2.60 bits per heavy atom. The van der Waals surface area contributed by atoms with Crippen LogP contribution in [0.4, 0.5) is 4.79 Å². The zero-order valence-electron chi connectivity index (χ0n) is 9.65. The van der Waals surface area contributed by atoms with E-state index in [0.717, 1.165) is 17.4 Å². The molecule has 0 unspecified atom stereocenters. The standard InChI is InChI=1S/C10H19N2O3/c1-12(2,3)7-8-15-10(14)11-6-4-5-9(11)13/h4-8H2,1-3H3/q+1. The number of imide groups is 1. The number of quaternary nitrogens is 1. The van der Waals surface area contributed by atoms with E-state index in [1.807, 2.05) is 21.1 Å². The molecule has 0 atom stereocenters. The van der Waals surface area contributed by atoms with Gasteiger partial charge in [-0.3, -0.25) is 4.79 Å². The zero-order chi connectivity index (χ0) is 11.5. The monoisotopic (exact) mass is 215 g/mol. The average molecular weight is 215 g/mol. The summed E-state index contributed by atoms with van der Waals surface area (Å²) in [5.41, 5.74) is 0. The van der Waals surface area contributed by atoms with Crippen LogP contribution in [-0.2, 0) is 9.53 Å². The summed E-state index contributed by atoms with van der Waals surface area (Å²) in [6, 6.07) is 0. The van der Waals surface area contributed by atoms with E-state index in [4.69, 9.17) is 4.74 Å². The molecule has 0 aromatic rings. The number of nitrogens with zero attached hydrogens (tertiary/aromatic N) is 2. The van der Waals surface area contributed by atoms with Crippen LogP contribution < -0.4 is 0 Å². The van der Waals surface area contributed by atoms with Crippen molar-refractivity contribution in [2.45, 2.75) is 12.8 Å². The first-order valence-electron chi connectivity index (χ1n) is 5.18. The van der Waals surface area contributed by atoms with E-state index in [1.165, 1.54) is 4.90 Å². The number of likely N-dealkylation sites (tertiary alicyclic amines) is 1. The van der Waals surface area contributed by atoms with Crippen LogP contribution in [0.25, 0.3) is 0 Å². The summed E-state index contributed by atoms with van der Waals surface area (Å²) in [5, 5.41) is 0. The van der Waals surface area contributed by atoms with Gasteiger partial charge in [0.25, 0.3) is 0 Å². The molecule has 0 aromatic heterocycles. The molecule has 1 aliphatic rings. The largest absolute Gasteiger partial charge is 0.443 e. The fourth-order valence-corrected chi connectivity index (χ4v) is 1.33. The summed E-state index contributed by atoms with van der Waals surface area (Å²) in [7, 11) is 6.07. The van der Waals surface area contributed by atoms with Crippen LogP contribution in [0.2, 0.25) is 0 Å². The molecule has 1 saturated heterocycles. The topological polar surface area (TPSA) is 46.6 Å². The van der Waals surface area contributed by atoms with Crippen LogP contribution in [0.5, 0.6) is 0 Å². The highest BCUT2D eigenvalue weighted by Crippen LogP contribution is 2.10. The third kappa shape index (κ3) is 3.87. The molecule has 0 aromatic carbocycles. The molecule has 5 heteroatoms. The second-order valence-electron chi connectivity index (χ2n) is 4.78. The first kappa shape index (κ1) is 12.0. The smallest absolute Gasteiger partial charge is 0.416 e. The van der Waals surface area contributed by atoms with E-state index in [2.05, 4.69) is 0 Å². The molecule has 0 radical (unpaired) electrons. The molecule has 5 nitrogen and oxygen atoms in total. The highest BCUT2D eigenvalue weighted by atomic mass is 16.6. The Balaban J connectivity index is 2.27. The van der Waals surface area contributed by atoms with Gasteiger partial charge >= 0.3 is 6.09 Å². The molecule has 1 rings (SSSR count). The van der Waals surface area contributed by atoms with Crippen molar-refractivity contribution < 1.29 is 18.8 Å². The minimum Gasteiger partial charge on any atom is -0.443 e. The molecule has 2 amide bonds. The summed E-state index contributed by atoms with van der Waals surface area (Å²) in [4.78, 5) is 23.8. The Kier molecular flexibility index (Phi) is 3.68. The molecule has 1 aliphatic heterocycles. The maximum absolute atomic E-state index is 11.4. The lowest BCUT2D eigenvalue weighted by Crippen LogP contribution is -2.40. The van der Waals surface area contributed by atoms with E-state index in [9.17, 15) is 9.59 Å². The van der Waals surface area contributed by atoms with E-state index in [-0.39, 0.29) is 5.91 Å². The Morgan fingerprint density at radius 1 is 1.47 bits per heavy atom. The molecule has 0 aliphatic carbocycles. The predicted octanol–water partition coefficient (Wildman–Crippen LogP) is 0.452. The van der Waals surface area contributed by atoms with E-state index >= 15 is 0 Å². The van der Waals surface area contributed by atoms with Crippen LogP contribution >= 0.6 is 0 Å². The first-order valence-corrected chi connectivity index (χ1v) is 5.18. The minimum atomic E-state index is -0.494. The summed E-state index contributed by atoms with van der Waals surface area (Å²) < 4.78 is 5.76. The van der Waals surface area contributed by atoms with Crippen molar-refractivity contribution in [1.29, 1.82) is 0 Å². The molecule has 1 heterocycles. The van der Waals surface area contributed by atoms with Gasteiger partial charge in [-0.2, -0.15) is 0 Å². The van der Waals surface area contributed by atoms with Crippen molar-refractivity contribution in [2.75, 3.05) is 40.8 Å². The Morgan fingerprint density at radius 2 is 2.13 bits per heavy atom. The lowest BCUT2D eigenvalue weighted by atomic mass is 10.4. The predicted molar refractivity (Wildman–Crippen MR) is 55.2 cm³/mol. The maximum Gasteiger partial charge on any atom is 0.416 e. The van der Waals surface area contributed by atoms with Gasteiger partial charge in [-0.25, -0.2) is 9.69 Å². The highest BCUT2D eigenvalue weighted by Gasteiger charge is 2.27. The van der Waals surface area contributed by atoms with Crippen LogP contribution in [0.15, 0.2) is 0 Å². The fourth-order valence-electron chi connectivity index (χ4n) is 1.33. The molecule has 1 fully saturated rings. The van der Waals surface area contributed by atoms with Crippen molar-refractivity contribution in [2.24, 2.45) is 0 Å². The van der Waals surface area contributed by atoms with Gasteiger partial charge in [-0.1, -0.05) is 0 Å². The molecule has 86 valence electrons. The number of carbonyl (C=O) groups excluding carboxylic acids is 2. The minimum absolute atomic E-state index is 0.120. The SMILES string of the molecule is C[N+](C)(C)CCOC(=O)N1CCCC1=O. The molecule has 0 N–H and O–H groups in total. The number of ether oxygens (including phenoxy) is 1. The zero-order valence-corrected chi connectivity index (χ0v) is 9.65. The third-order valence-electron chi connectivity index (χ3n) is 2.28. The number of likely N-dealkylation sites (N-methyl/N-ethyl adjacent to an activating group) is 1. The number of rotatable bonds is 3. The number of hydrogen-bond acceptors (Lipinski definition) is 3. The first-order chi connectivity index (χ1) is 6.90. The fraction of sp³-hybridized carbons (Fsp3) is 0.800. The summed E-state index contributed by atoms with van der Waals surface area (Å²) in [6.07, 6.45) is 0.721. The van der Waals surface area contributed by atoms with E-state index in [1.54, 1.807) is 0 Å². The molecular formula is C10H19N2O3+. The molecule has 15 heavy (non-hydrogen) atoms. The quantitative estimate of drug-likeness (QED) is 0.642. The van der Waals surface area contributed by atoms with Gasteiger partial charge in [0.15, 0.2) is 0 Å². The Labute approximate surface area is 90.2 Å². The normalized spacial score (nSPS) is 17.0. The summed E-state index contributed by atoms with van der Waals surface area (Å²) >= 11 is 0. The lowest BCUT2D eigenvalue weighted by molar-refractivity contribution is -0.870. The average Bonchev–Trinajstić information content (AvgIpc) is 2.48. The number of carbonyl (C=O) groups is 2. The van der Waals surface area contributed by atoms with Crippen molar-refractivity contribution in [3.63, 3.8) is 0 Å². The Hall–Kier alpha value is -1.10. The Bertz CT molecular complexity index is 258. The van der Waals surface area contributed by atoms with Crippen LogP contribution in [0.3, 0.4) is 0 Å². The van der Waals surface area contributed by atoms with Crippen LogP contribution in [0.1, 0.15) is 12.8 Å². The van der Waals surface area contributed by atoms with Gasteiger partial charge < -0.3 is 9.22 Å². The van der Waals surface area contributed by atoms with Crippen molar-refractivity contribution in [3.05, 3.63) is 0 Å². The second-order valence-corrected chi connectivity index (χ2v) is 4.78. The van der Waals surface area contributed by atoms with Crippen molar-refractivity contribution in [3.8, 4) is 0 Å². The van der Waals surface area contributed by atoms with Crippen LogP contribution in [0, 0.1) is 0 Å². The second kappa shape index (κ2) is 4.61. The molecule has 0 spiro atoms. The number of amides is 2. The molecule has 0 bridgehead atoms. The van der Waals surface area contributed by atoms with Crippen molar-refractivity contribution >= 4 is 12.0 Å². The van der Waals surface area contributed by atoms with Crippen molar-refractivity contribution in [1.82, 2.24) is 4.90 Å². The highest BCUT2D eigenvalue weighted by molar-refractivity contribution is 5.93. The lowest BCUT2D eigenvalue weighted by Gasteiger charge is -2.23. The third-order valence-corrected chi connectivity index (χ3v) is 2.28. The summed E-state index contributed by atoms with van der Waals surface area (Å²) in [5.74, 6) is -0.120. The summed E-state index contributed by atoms with van der Waals surface area (Å²) in [6.45, 7) is 1.60. The van der Waals surface area contributed by atoms with Gasteiger partial charge in [0.1, 0.15) is 13.2 Å².